The maximum Gasteiger partial charge on any atom is 0.129 e. The van der Waals surface area contributed by atoms with Crippen molar-refractivity contribution in [3.8, 4) is 0 Å². The first kappa shape index (κ1) is 8.31. The maximum absolute atomic E-state index is 4.54. The van der Waals surface area contributed by atoms with Gasteiger partial charge in [-0.15, -0.1) is 0 Å². The van der Waals surface area contributed by atoms with Crippen molar-refractivity contribution in [2.75, 3.05) is 0 Å². The number of nitrogens with one attached hydrogen (secondary N) is 1. The molecule has 62 valence electrons. The quantitative estimate of drug-likeness (QED) is 0.643. The van der Waals surface area contributed by atoms with Gasteiger partial charge in [0.15, 0.2) is 0 Å². The van der Waals surface area contributed by atoms with Crippen LogP contribution in [0.5, 0.6) is 0 Å². The third-order valence-corrected chi connectivity index (χ3v) is 2.37. The summed E-state index contributed by atoms with van der Waals surface area (Å²) in [6.45, 7) is 10.2. The molecule has 0 radical (unpaired) electrons. The highest BCUT2D eigenvalue weighted by Crippen LogP contribution is 2.24. The lowest BCUT2D eigenvalue weighted by Crippen LogP contribution is -2.36. The predicted octanol–water partition coefficient (Wildman–Crippen LogP) is 2.08. The van der Waals surface area contributed by atoms with Gasteiger partial charge < -0.3 is 5.32 Å². The van der Waals surface area contributed by atoms with Crippen molar-refractivity contribution in [2.45, 2.75) is 39.3 Å². The van der Waals surface area contributed by atoms with E-state index in [1.807, 2.05) is 6.92 Å². The van der Waals surface area contributed by atoms with E-state index in [4.69, 9.17) is 0 Å². The summed E-state index contributed by atoms with van der Waals surface area (Å²) in [7, 11) is 0. The molecular weight excluding hydrogens is 136 g/mol. The van der Waals surface area contributed by atoms with Gasteiger partial charge in [0, 0.05) is 5.70 Å². The fraction of sp³-hybridized carbons (Fsp3) is 0.667. The zero-order valence-electron chi connectivity index (χ0n) is 7.57. The SMILES string of the molecule is C=C1NC(CC)(CC)N=C1C. The first-order valence-electron chi connectivity index (χ1n) is 4.17. The van der Waals surface area contributed by atoms with Gasteiger partial charge >= 0.3 is 0 Å². The zero-order chi connectivity index (χ0) is 8.48. The third kappa shape index (κ3) is 1.30. The Morgan fingerprint density at radius 1 is 1.45 bits per heavy atom. The molecule has 0 aliphatic carbocycles. The smallest absolute Gasteiger partial charge is 0.129 e. The molecule has 1 N–H and O–H groups in total. The Bertz CT molecular complexity index is 200. The van der Waals surface area contributed by atoms with Gasteiger partial charge in [-0.25, -0.2) is 0 Å². The highest BCUT2D eigenvalue weighted by Gasteiger charge is 2.30. The van der Waals surface area contributed by atoms with Gasteiger partial charge in [-0.2, -0.15) is 0 Å². The lowest BCUT2D eigenvalue weighted by molar-refractivity contribution is 0.367. The van der Waals surface area contributed by atoms with Gasteiger partial charge in [-0.05, 0) is 19.8 Å². The summed E-state index contributed by atoms with van der Waals surface area (Å²) in [6.07, 6.45) is 2.06. The second-order valence-electron chi connectivity index (χ2n) is 3.04. The normalized spacial score (nSPS) is 21.4. The third-order valence-electron chi connectivity index (χ3n) is 2.37. The van der Waals surface area contributed by atoms with Crippen LogP contribution in [0.4, 0.5) is 0 Å². The second-order valence-corrected chi connectivity index (χ2v) is 3.04. The van der Waals surface area contributed by atoms with Crippen LogP contribution in [-0.2, 0) is 0 Å². The van der Waals surface area contributed by atoms with E-state index < -0.39 is 0 Å². The molecule has 0 unspecified atom stereocenters. The highest BCUT2D eigenvalue weighted by molar-refractivity contribution is 5.99. The van der Waals surface area contributed by atoms with E-state index in [-0.39, 0.29) is 5.66 Å². The van der Waals surface area contributed by atoms with Crippen LogP contribution in [0.1, 0.15) is 33.6 Å². The van der Waals surface area contributed by atoms with Crippen molar-refractivity contribution >= 4 is 5.71 Å². The topological polar surface area (TPSA) is 24.4 Å². The highest BCUT2D eigenvalue weighted by atomic mass is 15.2. The number of nitrogens with zero attached hydrogens (tertiary/aromatic N) is 1. The van der Waals surface area contributed by atoms with Crippen molar-refractivity contribution in [1.29, 1.82) is 0 Å². The van der Waals surface area contributed by atoms with E-state index in [9.17, 15) is 0 Å². The molecule has 0 spiro atoms. The van der Waals surface area contributed by atoms with Gasteiger partial charge in [0.25, 0.3) is 0 Å². The number of hydrogen-bond acceptors (Lipinski definition) is 2. The van der Waals surface area contributed by atoms with E-state index in [2.05, 4.69) is 30.7 Å². The molecule has 2 heteroatoms. The summed E-state index contributed by atoms with van der Waals surface area (Å²) in [6, 6.07) is 0. The first-order valence-corrected chi connectivity index (χ1v) is 4.17. The predicted molar refractivity (Wildman–Crippen MR) is 48.7 cm³/mol. The summed E-state index contributed by atoms with van der Waals surface area (Å²) in [5, 5.41) is 3.32. The Morgan fingerprint density at radius 3 is 2.18 bits per heavy atom. The van der Waals surface area contributed by atoms with E-state index in [0.717, 1.165) is 24.3 Å². The monoisotopic (exact) mass is 152 g/mol. The summed E-state index contributed by atoms with van der Waals surface area (Å²) in [5.41, 5.74) is 1.99. The molecule has 1 rings (SSSR count). The summed E-state index contributed by atoms with van der Waals surface area (Å²) < 4.78 is 0. The molecule has 0 aromatic carbocycles. The van der Waals surface area contributed by atoms with Crippen molar-refractivity contribution in [2.24, 2.45) is 4.99 Å². The van der Waals surface area contributed by atoms with Crippen LogP contribution in [0.25, 0.3) is 0 Å². The largest absolute Gasteiger partial charge is 0.360 e. The van der Waals surface area contributed by atoms with Crippen molar-refractivity contribution in [3.05, 3.63) is 12.3 Å². The van der Waals surface area contributed by atoms with Gasteiger partial charge in [0.2, 0.25) is 0 Å². The minimum atomic E-state index is -0.0405. The van der Waals surface area contributed by atoms with E-state index >= 15 is 0 Å². The molecule has 1 aliphatic rings. The summed E-state index contributed by atoms with van der Waals surface area (Å²) in [4.78, 5) is 4.54. The number of rotatable bonds is 2. The average Bonchev–Trinajstić information content (AvgIpc) is 2.29. The Kier molecular flexibility index (Phi) is 2.03. The lowest BCUT2D eigenvalue weighted by atomic mass is 10.1. The van der Waals surface area contributed by atoms with Crippen LogP contribution in [-0.4, -0.2) is 11.4 Å². The van der Waals surface area contributed by atoms with Crippen molar-refractivity contribution < 1.29 is 0 Å². The number of hydrogen-bond donors (Lipinski definition) is 1. The van der Waals surface area contributed by atoms with Crippen LogP contribution in [0, 0.1) is 0 Å². The van der Waals surface area contributed by atoms with Crippen LogP contribution in [0.15, 0.2) is 17.3 Å². The zero-order valence-corrected chi connectivity index (χ0v) is 7.57. The summed E-state index contributed by atoms with van der Waals surface area (Å²) in [5.74, 6) is 0. The van der Waals surface area contributed by atoms with Crippen LogP contribution < -0.4 is 5.32 Å². The van der Waals surface area contributed by atoms with Crippen molar-refractivity contribution in [3.63, 3.8) is 0 Å². The second kappa shape index (κ2) is 2.68. The molecule has 0 aromatic rings. The van der Waals surface area contributed by atoms with Gasteiger partial charge in [-0.1, -0.05) is 20.4 Å². The molecule has 1 aliphatic heterocycles. The minimum Gasteiger partial charge on any atom is -0.360 e. The molecule has 0 fully saturated rings. The van der Waals surface area contributed by atoms with Gasteiger partial charge in [-0.3, -0.25) is 4.99 Å². The molecule has 0 saturated heterocycles. The lowest BCUT2D eigenvalue weighted by Gasteiger charge is -2.23. The molecule has 0 aromatic heterocycles. The van der Waals surface area contributed by atoms with Gasteiger partial charge in [0.1, 0.15) is 5.66 Å². The van der Waals surface area contributed by atoms with E-state index in [1.54, 1.807) is 0 Å². The molecule has 0 amide bonds. The van der Waals surface area contributed by atoms with Crippen LogP contribution >= 0.6 is 0 Å². The maximum atomic E-state index is 4.54. The van der Waals surface area contributed by atoms with E-state index in [1.165, 1.54) is 0 Å². The molecule has 0 bridgehead atoms. The summed E-state index contributed by atoms with van der Waals surface area (Å²) >= 11 is 0. The van der Waals surface area contributed by atoms with Gasteiger partial charge in [0.05, 0.1) is 5.71 Å². The van der Waals surface area contributed by atoms with Crippen molar-refractivity contribution in [1.82, 2.24) is 5.32 Å². The molecule has 2 nitrogen and oxygen atoms in total. The fourth-order valence-corrected chi connectivity index (χ4v) is 1.37. The molecule has 11 heavy (non-hydrogen) atoms. The van der Waals surface area contributed by atoms with Crippen LogP contribution in [0.3, 0.4) is 0 Å². The number of aliphatic imine (C=N–C) groups is 1. The Morgan fingerprint density at radius 2 is 2.00 bits per heavy atom. The molecule has 0 atom stereocenters. The molecule has 1 heterocycles. The fourth-order valence-electron chi connectivity index (χ4n) is 1.37. The van der Waals surface area contributed by atoms with E-state index in [0.29, 0.717) is 0 Å². The van der Waals surface area contributed by atoms with Crippen LogP contribution in [0.2, 0.25) is 0 Å². The Hall–Kier alpha value is -0.790. The Balaban J connectivity index is 2.85. The number of allylic oxidation sites excluding steroid dienone is 1. The average molecular weight is 152 g/mol. The first-order chi connectivity index (χ1) is 5.13. The Labute approximate surface area is 68.4 Å². The molecule has 0 saturated carbocycles. The molecular formula is C9H16N2. The minimum absolute atomic E-state index is 0.0405. The standard InChI is InChI=1S/C9H16N2/c1-5-9(6-2)10-7(3)8(4)11-9/h10H,3,5-6H2,1-2,4H3.